The van der Waals surface area contributed by atoms with Gasteiger partial charge in [0.1, 0.15) is 10.6 Å². The third kappa shape index (κ3) is 4.20. The highest BCUT2D eigenvalue weighted by Crippen LogP contribution is 2.23. The molecule has 0 saturated heterocycles. The Morgan fingerprint density at radius 2 is 1.96 bits per heavy atom. The van der Waals surface area contributed by atoms with Gasteiger partial charge in [0, 0.05) is 26.2 Å². The van der Waals surface area contributed by atoms with E-state index in [9.17, 15) is 8.42 Å². The zero-order valence-electron chi connectivity index (χ0n) is 14.8. The second kappa shape index (κ2) is 7.84. The Bertz CT molecular complexity index is 961. The molecule has 3 aromatic rings. The van der Waals surface area contributed by atoms with Gasteiger partial charge in [-0.2, -0.15) is 0 Å². The van der Waals surface area contributed by atoms with Crippen molar-refractivity contribution in [2.75, 3.05) is 6.54 Å². The van der Waals surface area contributed by atoms with Gasteiger partial charge in [-0.15, -0.1) is 10.2 Å². The molecule has 8 heteroatoms. The van der Waals surface area contributed by atoms with Crippen LogP contribution in [0.4, 0.5) is 0 Å². The largest absolute Gasteiger partial charge is 0.419 e. The Kier molecular flexibility index (Phi) is 5.53. The Morgan fingerprint density at radius 1 is 1.19 bits per heavy atom. The minimum Gasteiger partial charge on any atom is -0.419 e. The van der Waals surface area contributed by atoms with Gasteiger partial charge in [-0.25, -0.2) is 13.1 Å². The lowest BCUT2D eigenvalue weighted by atomic mass is 10.1. The minimum atomic E-state index is -3.58. The number of nitrogens with one attached hydrogen (secondary N) is 1. The fraction of sp³-hybridized carbons (Fsp3) is 0.333. The van der Waals surface area contributed by atoms with Crippen molar-refractivity contribution in [2.24, 2.45) is 7.05 Å². The maximum Gasteiger partial charge on any atom is 0.264 e. The molecule has 0 aliphatic carbocycles. The molecule has 1 N–H and O–H groups in total. The van der Waals surface area contributed by atoms with E-state index in [1.807, 2.05) is 37.3 Å². The summed E-state index contributed by atoms with van der Waals surface area (Å²) in [5.74, 6) is 0.833. The van der Waals surface area contributed by atoms with Crippen molar-refractivity contribution in [3.8, 4) is 11.6 Å². The molecule has 0 unspecified atom stereocenters. The quantitative estimate of drug-likeness (QED) is 0.612. The molecule has 7 nitrogen and oxygen atoms in total. The SMILES string of the molecule is CCc1nnc(-c2cc(S(=O)(=O)NCCCc3ccccc3)cn2C)o1. The van der Waals surface area contributed by atoms with Crippen molar-refractivity contribution in [1.29, 1.82) is 0 Å². The van der Waals surface area contributed by atoms with E-state index < -0.39 is 10.0 Å². The van der Waals surface area contributed by atoms with Crippen LogP contribution in [0.3, 0.4) is 0 Å². The van der Waals surface area contributed by atoms with E-state index in [0.717, 1.165) is 12.8 Å². The molecule has 0 atom stereocenters. The van der Waals surface area contributed by atoms with Crippen LogP contribution in [0.15, 0.2) is 51.9 Å². The molecule has 26 heavy (non-hydrogen) atoms. The van der Waals surface area contributed by atoms with Crippen LogP contribution in [0.5, 0.6) is 0 Å². The van der Waals surface area contributed by atoms with Gasteiger partial charge in [0.25, 0.3) is 5.89 Å². The molecular weight excluding hydrogens is 352 g/mol. The summed E-state index contributed by atoms with van der Waals surface area (Å²) in [6.45, 7) is 2.29. The zero-order valence-corrected chi connectivity index (χ0v) is 15.7. The van der Waals surface area contributed by atoms with Crippen molar-refractivity contribution in [1.82, 2.24) is 19.5 Å². The van der Waals surface area contributed by atoms with Crippen LogP contribution in [0.1, 0.15) is 24.8 Å². The van der Waals surface area contributed by atoms with Gasteiger partial charge in [0.15, 0.2) is 0 Å². The van der Waals surface area contributed by atoms with Gasteiger partial charge >= 0.3 is 0 Å². The predicted octanol–water partition coefficient (Wildman–Crippen LogP) is 2.55. The highest BCUT2D eigenvalue weighted by Gasteiger charge is 2.20. The smallest absolute Gasteiger partial charge is 0.264 e. The molecular formula is C18H22N4O3S. The standard InChI is InChI=1S/C18H22N4O3S/c1-3-17-20-21-18(25-17)16-12-15(13-22(16)2)26(23,24)19-11-7-10-14-8-5-4-6-9-14/h4-6,8-9,12-13,19H,3,7,10-11H2,1-2H3. The molecule has 0 fully saturated rings. The van der Waals surface area contributed by atoms with Gasteiger partial charge < -0.3 is 8.98 Å². The van der Waals surface area contributed by atoms with Gasteiger partial charge in [-0.05, 0) is 24.5 Å². The second-order valence-electron chi connectivity index (χ2n) is 6.01. The first-order chi connectivity index (χ1) is 12.5. The van der Waals surface area contributed by atoms with Crippen LogP contribution in [-0.4, -0.2) is 29.7 Å². The average molecular weight is 374 g/mol. The molecule has 0 saturated carbocycles. The molecule has 2 heterocycles. The van der Waals surface area contributed by atoms with Gasteiger partial charge in [0.2, 0.25) is 15.9 Å². The third-order valence-electron chi connectivity index (χ3n) is 4.06. The number of hydrogen-bond donors (Lipinski definition) is 1. The molecule has 2 aromatic heterocycles. The predicted molar refractivity (Wildman–Crippen MR) is 98.0 cm³/mol. The van der Waals surface area contributed by atoms with E-state index in [1.165, 1.54) is 5.56 Å². The Labute approximate surface area is 153 Å². The summed E-state index contributed by atoms with van der Waals surface area (Å²) in [4.78, 5) is 0.186. The van der Waals surface area contributed by atoms with Crippen molar-refractivity contribution in [3.63, 3.8) is 0 Å². The van der Waals surface area contributed by atoms with Crippen LogP contribution < -0.4 is 4.72 Å². The topological polar surface area (TPSA) is 90.0 Å². The lowest BCUT2D eigenvalue weighted by molar-refractivity contribution is 0.509. The van der Waals surface area contributed by atoms with Gasteiger partial charge in [-0.1, -0.05) is 37.3 Å². The molecule has 0 aliphatic heterocycles. The number of hydrogen-bond acceptors (Lipinski definition) is 5. The van der Waals surface area contributed by atoms with E-state index >= 15 is 0 Å². The highest BCUT2D eigenvalue weighted by molar-refractivity contribution is 7.89. The van der Waals surface area contributed by atoms with Crippen LogP contribution in [-0.2, 0) is 29.9 Å². The lowest BCUT2D eigenvalue weighted by Crippen LogP contribution is -2.24. The van der Waals surface area contributed by atoms with E-state index in [-0.39, 0.29) is 4.90 Å². The van der Waals surface area contributed by atoms with E-state index in [4.69, 9.17) is 4.42 Å². The van der Waals surface area contributed by atoms with Crippen molar-refractivity contribution in [2.45, 2.75) is 31.1 Å². The Morgan fingerprint density at radius 3 is 2.65 bits per heavy atom. The summed E-state index contributed by atoms with van der Waals surface area (Å²) in [5, 5.41) is 7.89. The first-order valence-corrected chi connectivity index (χ1v) is 10.0. The summed E-state index contributed by atoms with van der Waals surface area (Å²) >= 11 is 0. The van der Waals surface area contributed by atoms with Crippen LogP contribution in [0.2, 0.25) is 0 Å². The molecule has 3 rings (SSSR count). The summed E-state index contributed by atoms with van der Waals surface area (Å²) < 4.78 is 34.9. The summed E-state index contributed by atoms with van der Waals surface area (Å²) in [5.41, 5.74) is 1.76. The maximum absolute atomic E-state index is 12.5. The van der Waals surface area contributed by atoms with Crippen LogP contribution in [0, 0.1) is 0 Å². The first-order valence-electron chi connectivity index (χ1n) is 8.52. The molecule has 0 amide bonds. The lowest BCUT2D eigenvalue weighted by Gasteiger charge is -2.05. The fourth-order valence-electron chi connectivity index (χ4n) is 2.62. The molecule has 0 radical (unpaired) electrons. The number of sulfonamides is 1. The third-order valence-corrected chi connectivity index (χ3v) is 5.48. The van der Waals surface area contributed by atoms with Gasteiger partial charge in [-0.3, -0.25) is 0 Å². The molecule has 0 bridgehead atoms. The molecule has 138 valence electrons. The summed E-state index contributed by atoms with van der Waals surface area (Å²) in [6, 6.07) is 11.5. The van der Waals surface area contributed by atoms with Crippen molar-refractivity contribution < 1.29 is 12.8 Å². The number of aryl methyl sites for hydroxylation is 3. The number of rotatable bonds is 8. The van der Waals surface area contributed by atoms with Crippen LogP contribution in [0.25, 0.3) is 11.6 Å². The number of nitrogens with zero attached hydrogens (tertiary/aromatic N) is 3. The Hall–Kier alpha value is -2.45. The first kappa shape index (κ1) is 18.3. The molecule has 0 aliphatic rings. The van der Waals surface area contributed by atoms with E-state index in [0.29, 0.717) is 30.4 Å². The van der Waals surface area contributed by atoms with Crippen molar-refractivity contribution in [3.05, 3.63) is 54.0 Å². The average Bonchev–Trinajstić information content (AvgIpc) is 3.26. The number of aromatic nitrogens is 3. The highest BCUT2D eigenvalue weighted by atomic mass is 32.2. The fourth-order valence-corrected chi connectivity index (χ4v) is 3.76. The zero-order chi connectivity index (χ0) is 18.6. The monoisotopic (exact) mass is 374 g/mol. The second-order valence-corrected chi connectivity index (χ2v) is 7.78. The summed E-state index contributed by atoms with van der Waals surface area (Å²) in [7, 11) is -1.83. The van der Waals surface area contributed by atoms with E-state index in [2.05, 4.69) is 14.9 Å². The maximum atomic E-state index is 12.5. The minimum absolute atomic E-state index is 0.186. The van der Waals surface area contributed by atoms with Crippen LogP contribution >= 0.6 is 0 Å². The molecule has 1 aromatic carbocycles. The normalized spacial score (nSPS) is 11.8. The van der Waals surface area contributed by atoms with E-state index in [1.54, 1.807) is 23.9 Å². The van der Waals surface area contributed by atoms with Gasteiger partial charge in [0.05, 0.1) is 0 Å². The summed E-state index contributed by atoms with van der Waals surface area (Å²) in [6.07, 6.45) is 3.73. The Balaban J connectivity index is 1.64. The molecule has 0 spiro atoms. The number of benzene rings is 1. The van der Waals surface area contributed by atoms with Crippen molar-refractivity contribution >= 4 is 10.0 Å².